The van der Waals surface area contributed by atoms with Crippen molar-refractivity contribution in [2.75, 3.05) is 20.2 Å². The molecule has 1 saturated heterocycles. The molecular weight excluding hydrogens is 655 g/mol. The van der Waals surface area contributed by atoms with Gasteiger partial charge in [-0.2, -0.15) is 12.6 Å². The summed E-state index contributed by atoms with van der Waals surface area (Å²) >= 11 is 4.08. The highest BCUT2D eigenvalue weighted by atomic mass is 32.1. The van der Waals surface area contributed by atoms with Crippen molar-refractivity contribution in [3.63, 3.8) is 0 Å². The van der Waals surface area contributed by atoms with Gasteiger partial charge in [0.25, 0.3) is 0 Å². The van der Waals surface area contributed by atoms with E-state index in [0.717, 1.165) is 79.5 Å². The van der Waals surface area contributed by atoms with Crippen molar-refractivity contribution < 1.29 is 31.4 Å². The van der Waals surface area contributed by atoms with Crippen molar-refractivity contribution in [3.05, 3.63) is 54.8 Å². The summed E-state index contributed by atoms with van der Waals surface area (Å²) in [5.74, 6) is 0.559. The van der Waals surface area contributed by atoms with Crippen molar-refractivity contribution in [1.29, 1.82) is 0 Å². The number of aromatic nitrogens is 1. The maximum atomic E-state index is 14.5. The van der Waals surface area contributed by atoms with Gasteiger partial charge in [0.2, 0.25) is 17.7 Å². The monoisotopic (exact) mass is 713 g/mol. The molecule has 7 rings (SSSR count). The predicted molar refractivity (Wildman–Crippen MR) is 203 cm³/mol. The molecule has 0 radical (unpaired) electrons. The molecule has 12 heteroatoms. The number of pyridine rings is 1. The van der Waals surface area contributed by atoms with Crippen molar-refractivity contribution in [2.24, 2.45) is 17.6 Å². The number of fused-ring (bicyclic) bond motifs is 3. The molecule has 1 unspecified atom stereocenters. The molecule has 2 amide bonds. The van der Waals surface area contributed by atoms with Gasteiger partial charge >= 0.3 is 0 Å². The number of carbonyl (C=O) groups excluding carboxylic acids is 2. The average molecular weight is 714 g/mol. The van der Waals surface area contributed by atoms with Gasteiger partial charge in [-0.1, -0.05) is 49.6 Å². The molecule has 1 aromatic heterocycles. The van der Waals surface area contributed by atoms with Crippen molar-refractivity contribution >= 4 is 41.3 Å². The lowest BCUT2D eigenvalue weighted by Crippen LogP contribution is -2.59. The minimum Gasteiger partial charge on any atom is -0.472 e. The lowest BCUT2D eigenvalue weighted by Gasteiger charge is -2.33. The van der Waals surface area contributed by atoms with E-state index >= 15 is 0 Å². The lowest BCUT2D eigenvalue weighted by molar-refractivity contribution is -0.142. The summed E-state index contributed by atoms with van der Waals surface area (Å²) in [4.78, 5) is 34.9. The summed E-state index contributed by atoms with van der Waals surface area (Å²) in [6, 6.07) is 7.27. The van der Waals surface area contributed by atoms with E-state index in [1.54, 1.807) is 18.2 Å². The number of methoxy groups -OCH3 is 1. The maximum Gasteiger partial charge on any atom is 0.243 e. The number of nitrogens with two attached hydrogens (primary N) is 1. The fourth-order valence-corrected chi connectivity index (χ4v) is 7.74. The van der Waals surface area contributed by atoms with Crippen LogP contribution in [-0.4, -0.2) is 88.1 Å². The van der Waals surface area contributed by atoms with Crippen LogP contribution in [-0.2, 0) is 14.3 Å². The molecule has 0 spiro atoms. The standard InChI is InChI=1S/C35H47N5O4.C3H6S.2H2O.H2/c1-3-26-21-35(26,34(36)43-2)39-31(41)29-20-27-22-40(29)33(42)30(25-12-8-9-13-25)37-17-10-6-4-5-7-11-23-14-15-24-16-18-38-32(44-27)28(24)19-23;4-3-1-2-3;;;/h3,7,11,14-16,18-19,25-27,29-30,34,37H,1,4-6,8-10,12-13,17,20-22,36H2,2H3,(H,39,41);3-4H,1-2H2;2*1H2;1H/b11-7+;;;;/t26-,27-,29+,30+,34?,35-;;;;/m1..../s1. The Morgan fingerprint density at radius 1 is 1.20 bits per heavy atom. The number of hydrogen-bond acceptors (Lipinski definition) is 8. The van der Waals surface area contributed by atoms with E-state index < -0.39 is 23.9 Å². The molecule has 278 valence electrons. The molecule has 3 heterocycles. The Bertz CT molecular complexity index is 1490. The van der Waals surface area contributed by atoms with Crippen molar-refractivity contribution in [3.8, 4) is 5.88 Å². The largest absolute Gasteiger partial charge is 0.472 e. The van der Waals surface area contributed by atoms with E-state index in [1.807, 2.05) is 12.1 Å². The average Bonchev–Trinajstić information content (AvgIpc) is 3.89. The molecule has 6 atom stereocenters. The van der Waals surface area contributed by atoms with E-state index in [0.29, 0.717) is 25.3 Å². The van der Waals surface area contributed by atoms with Gasteiger partial charge in [-0.25, -0.2) is 4.98 Å². The summed E-state index contributed by atoms with van der Waals surface area (Å²) in [6.07, 6.45) is 19.1. The molecule has 2 aliphatic heterocycles. The van der Waals surface area contributed by atoms with Crippen LogP contribution in [0.25, 0.3) is 16.8 Å². The van der Waals surface area contributed by atoms with E-state index in [4.69, 9.17) is 15.2 Å². The summed E-state index contributed by atoms with van der Waals surface area (Å²) in [6.45, 7) is 5.02. The number of ether oxygens (including phenoxy) is 2. The number of hydrogen-bond donors (Lipinski definition) is 4. The lowest BCUT2D eigenvalue weighted by atomic mass is 9.96. The van der Waals surface area contributed by atoms with Crippen LogP contribution >= 0.6 is 12.6 Å². The van der Waals surface area contributed by atoms with Gasteiger partial charge in [0.05, 0.1) is 18.1 Å². The first-order valence-corrected chi connectivity index (χ1v) is 18.5. The van der Waals surface area contributed by atoms with Gasteiger partial charge in [0.15, 0.2) is 0 Å². The van der Waals surface area contributed by atoms with Crippen LogP contribution < -0.4 is 21.1 Å². The second kappa shape index (κ2) is 18.0. The molecule has 2 aromatic rings. The van der Waals surface area contributed by atoms with Crippen LogP contribution in [0.5, 0.6) is 5.88 Å². The Kier molecular flexibility index (Phi) is 14.3. The molecule has 11 nitrogen and oxygen atoms in total. The van der Waals surface area contributed by atoms with Crippen molar-refractivity contribution in [1.82, 2.24) is 20.5 Å². The second-order valence-electron chi connectivity index (χ2n) is 14.3. The first-order chi connectivity index (χ1) is 23.3. The molecule has 4 bridgehead atoms. The summed E-state index contributed by atoms with van der Waals surface area (Å²) in [5.41, 5.74) is 6.70. The van der Waals surface area contributed by atoms with E-state index in [-0.39, 0.29) is 42.1 Å². The minimum atomic E-state index is -0.724. The minimum absolute atomic E-state index is 0. The zero-order valence-electron chi connectivity index (χ0n) is 29.3. The summed E-state index contributed by atoms with van der Waals surface area (Å²) in [5, 5.41) is 9.57. The number of rotatable bonds is 6. The quantitative estimate of drug-likeness (QED) is 0.198. The number of benzene rings is 1. The first-order valence-electron chi connectivity index (χ1n) is 18.0. The Morgan fingerprint density at radius 2 is 1.96 bits per heavy atom. The van der Waals surface area contributed by atoms with E-state index in [9.17, 15) is 9.59 Å². The number of nitrogens with zero attached hydrogens (tertiary/aromatic N) is 2. The third-order valence-corrected chi connectivity index (χ3v) is 11.3. The Balaban J connectivity index is 0.000000939. The summed E-state index contributed by atoms with van der Waals surface area (Å²) in [7, 11) is 1.55. The molecule has 1 aromatic carbocycles. The third-order valence-electron chi connectivity index (χ3n) is 10.7. The Hall–Kier alpha value is -3.00. The van der Waals surface area contributed by atoms with Gasteiger partial charge in [0.1, 0.15) is 18.4 Å². The van der Waals surface area contributed by atoms with Crippen molar-refractivity contribution in [2.45, 2.75) is 112 Å². The highest BCUT2D eigenvalue weighted by molar-refractivity contribution is 7.81. The third kappa shape index (κ3) is 9.26. The van der Waals surface area contributed by atoms with Gasteiger partial charge in [-0.15, -0.1) is 6.58 Å². The maximum absolute atomic E-state index is 14.5. The highest BCUT2D eigenvalue weighted by Crippen LogP contribution is 2.47. The van der Waals surface area contributed by atoms with Crippen LogP contribution in [0, 0.1) is 11.8 Å². The number of allylic oxidation sites excluding steroid dienone is 1. The van der Waals surface area contributed by atoms with Crippen LogP contribution in [0.1, 0.15) is 84.0 Å². The van der Waals surface area contributed by atoms with Crippen LogP contribution in [0.3, 0.4) is 0 Å². The smallest absolute Gasteiger partial charge is 0.243 e. The SMILES string of the molecule is C=C[C@@H]1C[C@]1(NC(=O)[C@@H]1C[C@@H]2CN1C(=O)[C@H](C1CCCC1)NCCCCC/C=C/c1ccc3ccnc(c3c1)O2)C(N)OC.O.O.SC1CC1.[HH]. The molecule has 3 saturated carbocycles. The molecule has 8 N–H and O–H groups in total. The van der Waals surface area contributed by atoms with Gasteiger partial charge in [-0.05, 0) is 86.9 Å². The van der Waals surface area contributed by atoms with Crippen LogP contribution in [0.2, 0.25) is 0 Å². The molecule has 5 aliphatic rings. The normalized spacial score (nSPS) is 29.6. The number of thiol groups is 1. The fourth-order valence-electron chi connectivity index (χ4n) is 7.59. The second-order valence-corrected chi connectivity index (χ2v) is 15.0. The van der Waals surface area contributed by atoms with Crippen LogP contribution in [0.15, 0.2) is 49.2 Å². The Labute approximate surface area is 303 Å². The Morgan fingerprint density at radius 3 is 2.64 bits per heavy atom. The van der Waals surface area contributed by atoms with Crippen LogP contribution in [0.4, 0.5) is 0 Å². The number of nitrogens with one attached hydrogen (secondary N) is 2. The molecule has 50 heavy (non-hydrogen) atoms. The molecular formula is C38H59N5O6S. The molecule has 4 fully saturated rings. The predicted octanol–water partition coefficient (Wildman–Crippen LogP) is 3.99. The fraction of sp³-hybridized carbons (Fsp3) is 0.605. The van der Waals surface area contributed by atoms with Gasteiger partial charge in [0, 0.05) is 37.7 Å². The van der Waals surface area contributed by atoms with E-state index in [1.165, 1.54) is 12.8 Å². The zero-order chi connectivity index (χ0) is 33.7. The van der Waals surface area contributed by atoms with E-state index in [2.05, 4.69) is 65.2 Å². The van der Waals surface area contributed by atoms with Gasteiger partial charge < -0.3 is 41.7 Å². The first kappa shape index (κ1) is 39.8. The number of amides is 2. The van der Waals surface area contributed by atoms with Gasteiger partial charge in [-0.3, -0.25) is 9.59 Å². The molecule has 3 aliphatic carbocycles. The zero-order valence-corrected chi connectivity index (χ0v) is 30.2. The summed E-state index contributed by atoms with van der Waals surface area (Å²) < 4.78 is 12.0. The number of carbonyl (C=O) groups is 2. The topological polar surface area (TPSA) is 182 Å². The highest BCUT2D eigenvalue weighted by Gasteiger charge is 2.59.